The van der Waals surface area contributed by atoms with Crippen molar-refractivity contribution in [2.75, 3.05) is 12.9 Å². The van der Waals surface area contributed by atoms with E-state index in [9.17, 15) is 13.2 Å². The van der Waals surface area contributed by atoms with Crippen molar-refractivity contribution in [2.24, 2.45) is 0 Å². The molecule has 0 amide bonds. The lowest BCUT2D eigenvalue weighted by Crippen LogP contribution is -2.51. The van der Waals surface area contributed by atoms with E-state index < -0.39 is 20.9 Å². The fourth-order valence-corrected chi connectivity index (χ4v) is 5.31. The van der Waals surface area contributed by atoms with E-state index in [1.165, 1.54) is 17.3 Å². The molecule has 0 spiro atoms. The van der Waals surface area contributed by atoms with Gasteiger partial charge in [0.1, 0.15) is 0 Å². The summed E-state index contributed by atoms with van der Waals surface area (Å²) in [5.41, 5.74) is 1.21. The second kappa shape index (κ2) is 5.46. The summed E-state index contributed by atoms with van der Waals surface area (Å²) in [7, 11) is -3.47. The van der Waals surface area contributed by atoms with Gasteiger partial charge >= 0.3 is 5.97 Å². The molecule has 19 heavy (non-hydrogen) atoms. The van der Waals surface area contributed by atoms with Crippen molar-refractivity contribution < 1.29 is 17.9 Å². The predicted molar refractivity (Wildman–Crippen MR) is 75.0 cm³/mol. The van der Waals surface area contributed by atoms with E-state index >= 15 is 0 Å². The number of carbonyl (C=O) groups is 1. The van der Waals surface area contributed by atoms with Gasteiger partial charge in [0.2, 0.25) is 10.0 Å². The third kappa shape index (κ3) is 3.32. The molecule has 0 saturated heterocycles. The summed E-state index contributed by atoms with van der Waals surface area (Å²) in [6, 6.07) is 0. The Morgan fingerprint density at radius 1 is 1.42 bits per heavy atom. The van der Waals surface area contributed by atoms with Crippen molar-refractivity contribution in [3.8, 4) is 0 Å². The fraction of sp³-hybridized carbons (Fsp3) is 0.750. The molecule has 0 saturated carbocycles. The van der Waals surface area contributed by atoms with Crippen LogP contribution in [0.15, 0.2) is 10.5 Å². The van der Waals surface area contributed by atoms with E-state index in [2.05, 4.69) is 4.72 Å². The van der Waals surface area contributed by atoms with Crippen LogP contribution in [0.2, 0.25) is 0 Å². The van der Waals surface area contributed by atoms with E-state index in [1.54, 1.807) is 6.92 Å². The molecule has 1 aliphatic heterocycles. The Bertz CT molecular complexity index is 492. The van der Waals surface area contributed by atoms with Gasteiger partial charge in [-0.3, -0.25) is 0 Å². The number of esters is 1. The Labute approximate surface area is 118 Å². The molecule has 1 aliphatic carbocycles. The van der Waals surface area contributed by atoms with Crippen LogP contribution in [-0.2, 0) is 19.6 Å². The van der Waals surface area contributed by atoms with Crippen LogP contribution in [-0.4, -0.2) is 32.1 Å². The van der Waals surface area contributed by atoms with Crippen LogP contribution in [0.1, 0.15) is 39.0 Å². The first-order valence-corrected chi connectivity index (χ1v) is 9.13. The SMILES string of the molecule is CCOC(=O)C1(NS(C)(=O)=O)CC2=C(CCCC2)S1. The lowest BCUT2D eigenvalue weighted by atomic mass is 9.94. The van der Waals surface area contributed by atoms with Crippen LogP contribution >= 0.6 is 11.8 Å². The summed E-state index contributed by atoms with van der Waals surface area (Å²) in [4.78, 5) is 12.2. The lowest BCUT2D eigenvalue weighted by molar-refractivity contribution is -0.146. The minimum atomic E-state index is -3.47. The molecule has 2 rings (SSSR count). The molecular weight excluding hydrogens is 286 g/mol. The van der Waals surface area contributed by atoms with Crippen LogP contribution in [0.3, 0.4) is 0 Å². The molecule has 7 heteroatoms. The van der Waals surface area contributed by atoms with Gasteiger partial charge in [-0.15, -0.1) is 0 Å². The summed E-state index contributed by atoms with van der Waals surface area (Å²) in [5.74, 6) is -0.486. The van der Waals surface area contributed by atoms with Gasteiger partial charge in [0, 0.05) is 6.42 Å². The molecule has 108 valence electrons. The van der Waals surface area contributed by atoms with Gasteiger partial charge in [-0.05, 0) is 37.5 Å². The zero-order valence-electron chi connectivity index (χ0n) is 11.2. The standard InChI is InChI=1S/C12H19NO4S2/c1-3-17-11(14)12(13-19(2,15)16)8-9-6-4-5-7-10(9)18-12/h13H,3-8H2,1-2H3. The topological polar surface area (TPSA) is 72.5 Å². The maximum atomic E-state index is 12.2. The molecule has 1 N–H and O–H groups in total. The summed E-state index contributed by atoms with van der Waals surface area (Å²) >= 11 is 1.33. The van der Waals surface area contributed by atoms with Crippen LogP contribution in [0.5, 0.6) is 0 Å². The normalized spacial score (nSPS) is 27.3. The molecule has 0 aromatic rings. The van der Waals surface area contributed by atoms with E-state index in [1.807, 2.05) is 0 Å². The predicted octanol–water partition coefficient (Wildman–Crippen LogP) is 1.76. The van der Waals surface area contributed by atoms with Gasteiger partial charge in [0.25, 0.3) is 0 Å². The Morgan fingerprint density at radius 2 is 2.11 bits per heavy atom. The number of hydrogen-bond acceptors (Lipinski definition) is 5. The number of sulfonamides is 1. The molecule has 0 aromatic carbocycles. The van der Waals surface area contributed by atoms with Crippen molar-refractivity contribution in [1.82, 2.24) is 4.72 Å². The number of allylic oxidation sites excluding steroid dienone is 1. The molecule has 1 heterocycles. The summed E-state index contributed by atoms with van der Waals surface area (Å²) in [6.07, 6.45) is 5.60. The van der Waals surface area contributed by atoms with Crippen molar-refractivity contribution in [2.45, 2.75) is 43.9 Å². The molecule has 1 unspecified atom stereocenters. The molecular formula is C12H19NO4S2. The van der Waals surface area contributed by atoms with Crippen molar-refractivity contribution in [3.05, 3.63) is 10.5 Å². The van der Waals surface area contributed by atoms with Crippen LogP contribution < -0.4 is 4.72 Å². The minimum Gasteiger partial charge on any atom is -0.464 e. The molecule has 0 bridgehead atoms. The zero-order valence-corrected chi connectivity index (χ0v) is 12.8. The molecule has 5 nitrogen and oxygen atoms in total. The second-order valence-electron chi connectivity index (χ2n) is 4.93. The largest absolute Gasteiger partial charge is 0.464 e. The van der Waals surface area contributed by atoms with Crippen molar-refractivity contribution in [3.63, 3.8) is 0 Å². The zero-order chi connectivity index (χ0) is 14.1. The number of thioether (sulfide) groups is 1. The second-order valence-corrected chi connectivity index (χ2v) is 8.08. The molecule has 0 aromatic heterocycles. The number of carbonyl (C=O) groups excluding carboxylic acids is 1. The highest BCUT2D eigenvalue weighted by atomic mass is 32.2. The van der Waals surface area contributed by atoms with Gasteiger partial charge in [-0.25, -0.2) is 13.2 Å². The minimum absolute atomic E-state index is 0.247. The van der Waals surface area contributed by atoms with Gasteiger partial charge in [-0.2, -0.15) is 4.72 Å². The van der Waals surface area contributed by atoms with Crippen LogP contribution in [0.4, 0.5) is 0 Å². The number of ether oxygens (including phenoxy) is 1. The molecule has 2 aliphatic rings. The number of hydrogen-bond donors (Lipinski definition) is 1. The third-order valence-corrected chi connectivity index (χ3v) is 5.59. The number of nitrogens with one attached hydrogen (secondary N) is 1. The average Bonchev–Trinajstić information content (AvgIpc) is 2.65. The highest BCUT2D eigenvalue weighted by Gasteiger charge is 2.49. The van der Waals surface area contributed by atoms with Crippen molar-refractivity contribution in [1.29, 1.82) is 0 Å². The van der Waals surface area contributed by atoms with E-state index in [0.717, 1.165) is 36.8 Å². The number of rotatable bonds is 4. The van der Waals surface area contributed by atoms with Crippen molar-refractivity contribution >= 4 is 27.8 Å². The Hall–Kier alpha value is -0.530. The lowest BCUT2D eigenvalue weighted by Gasteiger charge is -2.26. The average molecular weight is 305 g/mol. The maximum absolute atomic E-state index is 12.2. The first-order valence-electron chi connectivity index (χ1n) is 6.42. The summed E-state index contributed by atoms with van der Waals surface area (Å²) in [5, 5.41) is 0. The molecule has 0 radical (unpaired) electrons. The maximum Gasteiger partial charge on any atom is 0.338 e. The molecule has 1 atom stereocenters. The van der Waals surface area contributed by atoms with Crippen LogP contribution in [0, 0.1) is 0 Å². The van der Waals surface area contributed by atoms with Gasteiger partial charge in [0.05, 0.1) is 12.9 Å². The summed E-state index contributed by atoms with van der Waals surface area (Å²) < 4.78 is 30.7. The van der Waals surface area contributed by atoms with E-state index in [0.29, 0.717) is 6.42 Å². The fourth-order valence-electron chi connectivity index (χ4n) is 2.56. The highest BCUT2D eigenvalue weighted by Crippen LogP contribution is 2.51. The smallest absolute Gasteiger partial charge is 0.338 e. The van der Waals surface area contributed by atoms with Gasteiger partial charge in [0.15, 0.2) is 4.87 Å². The van der Waals surface area contributed by atoms with Crippen LogP contribution in [0.25, 0.3) is 0 Å². The van der Waals surface area contributed by atoms with E-state index in [4.69, 9.17) is 4.74 Å². The van der Waals surface area contributed by atoms with Gasteiger partial charge < -0.3 is 4.74 Å². The Kier molecular flexibility index (Phi) is 4.27. The Morgan fingerprint density at radius 3 is 2.68 bits per heavy atom. The molecule has 0 fully saturated rings. The third-order valence-electron chi connectivity index (χ3n) is 3.24. The first kappa shape index (κ1) is 14.9. The van der Waals surface area contributed by atoms with E-state index in [-0.39, 0.29) is 6.61 Å². The highest BCUT2D eigenvalue weighted by molar-refractivity contribution is 8.06. The summed E-state index contributed by atoms with van der Waals surface area (Å²) in [6.45, 7) is 1.97. The van der Waals surface area contributed by atoms with Gasteiger partial charge in [-0.1, -0.05) is 17.3 Å². The first-order chi connectivity index (χ1) is 8.86. The quantitative estimate of drug-likeness (QED) is 0.801. The Balaban J connectivity index is 2.25. The monoisotopic (exact) mass is 305 g/mol.